The Labute approximate surface area is 78.8 Å². The van der Waals surface area contributed by atoms with Gasteiger partial charge in [-0.25, -0.2) is 4.39 Å². The van der Waals surface area contributed by atoms with E-state index in [4.69, 9.17) is 0 Å². The van der Waals surface area contributed by atoms with Gasteiger partial charge in [-0.15, -0.1) is 0 Å². The average molecular weight is 178 g/mol. The van der Waals surface area contributed by atoms with Crippen LogP contribution in [0, 0.1) is 11.7 Å². The quantitative estimate of drug-likeness (QED) is 0.647. The maximum absolute atomic E-state index is 12.9. The fourth-order valence-corrected chi connectivity index (χ4v) is 2.00. The highest BCUT2D eigenvalue weighted by Crippen LogP contribution is 2.38. The highest BCUT2D eigenvalue weighted by Gasteiger charge is 2.24. The van der Waals surface area contributed by atoms with Crippen LogP contribution in [0.15, 0.2) is 24.3 Å². The predicted molar refractivity (Wildman–Crippen MR) is 52.2 cm³/mol. The summed E-state index contributed by atoms with van der Waals surface area (Å²) < 4.78 is 12.9. The Balaban J connectivity index is 2.14. The molecule has 1 saturated carbocycles. The first kappa shape index (κ1) is 8.74. The summed E-state index contributed by atoms with van der Waals surface area (Å²) in [5.41, 5.74) is 1.16. The van der Waals surface area contributed by atoms with E-state index in [1.165, 1.54) is 25.3 Å². The van der Waals surface area contributed by atoms with Gasteiger partial charge in [0, 0.05) is 0 Å². The molecule has 2 rings (SSSR count). The van der Waals surface area contributed by atoms with Crippen molar-refractivity contribution in [1.29, 1.82) is 0 Å². The molecule has 0 spiro atoms. The van der Waals surface area contributed by atoms with E-state index in [9.17, 15) is 4.39 Å². The third-order valence-corrected chi connectivity index (χ3v) is 3.23. The third-order valence-electron chi connectivity index (χ3n) is 3.23. The Kier molecular flexibility index (Phi) is 2.34. The highest BCUT2D eigenvalue weighted by atomic mass is 19.1. The Morgan fingerprint density at radius 3 is 2.69 bits per heavy atom. The van der Waals surface area contributed by atoms with Crippen molar-refractivity contribution in [3.8, 4) is 0 Å². The summed E-state index contributed by atoms with van der Waals surface area (Å²) in [5.74, 6) is 1.22. The van der Waals surface area contributed by atoms with E-state index >= 15 is 0 Å². The van der Waals surface area contributed by atoms with Crippen molar-refractivity contribution >= 4 is 0 Å². The zero-order valence-corrected chi connectivity index (χ0v) is 7.96. The Morgan fingerprint density at radius 1 is 1.38 bits per heavy atom. The molecule has 70 valence electrons. The molecule has 13 heavy (non-hydrogen) atoms. The van der Waals surface area contributed by atoms with Gasteiger partial charge < -0.3 is 0 Å². The fourth-order valence-electron chi connectivity index (χ4n) is 2.00. The van der Waals surface area contributed by atoms with Crippen molar-refractivity contribution < 1.29 is 4.39 Å². The Morgan fingerprint density at radius 2 is 2.15 bits per heavy atom. The molecule has 0 saturated heterocycles. The van der Waals surface area contributed by atoms with Crippen LogP contribution in [0.3, 0.4) is 0 Å². The van der Waals surface area contributed by atoms with Crippen LogP contribution in [0.4, 0.5) is 4.39 Å². The zero-order valence-electron chi connectivity index (χ0n) is 7.96. The summed E-state index contributed by atoms with van der Waals surface area (Å²) in [5, 5.41) is 0. The lowest BCUT2D eigenvalue weighted by Gasteiger charge is -2.31. The van der Waals surface area contributed by atoms with E-state index in [-0.39, 0.29) is 5.82 Å². The number of hydrogen-bond acceptors (Lipinski definition) is 0. The minimum atomic E-state index is -0.108. The molecule has 0 amide bonds. The van der Waals surface area contributed by atoms with E-state index in [1.807, 2.05) is 6.07 Å². The summed E-state index contributed by atoms with van der Waals surface area (Å²) in [6.07, 6.45) is 3.99. The summed E-state index contributed by atoms with van der Waals surface area (Å²) in [4.78, 5) is 0. The maximum Gasteiger partial charge on any atom is 0.123 e. The van der Waals surface area contributed by atoms with Gasteiger partial charge in [-0.05, 0) is 42.4 Å². The van der Waals surface area contributed by atoms with Gasteiger partial charge in [0.15, 0.2) is 0 Å². The van der Waals surface area contributed by atoms with E-state index in [0.29, 0.717) is 5.92 Å². The first-order valence-corrected chi connectivity index (χ1v) is 5.03. The van der Waals surface area contributed by atoms with Crippen LogP contribution in [-0.2, 0) is 0 Å². The molecular formula is C12H15F. The molecule has 0 nitrogen and oxygen atoms in total. The second kappa shape index (κ2) is 3.49. The van der Waals surface area contributed by atoms with Crippen molar-refractivity contribution in [2.45, 2.75) is 32.1 Å². The number of hydrogen-bond donors (Lipinski definition) is 0. The number of benzene rings is 1. The van der Waals surface area contributed by atoms with Crippen LogP contribution >= 0.6 is 0 Å². The summed E-state index contributed by atoms with van der Waals surface area (Å²) in [6, 6.07) is 7.02. The minimum Gasteiger partial charge on any atom is -0.207 e. The maximum atomic E-state index is 12.9. The van der Waals surface area contributed by atoms with Crippen molar-refractivity contribution in [2.75, 3.05) is 0 Å². The topological polar surface area (TPSA) is 0 Å². The van der Waals surface area contributed by atoms with E-state index < -0.39 is 0 Å². The van der Waals surface area contributed by atoms with Gasteiger partial charge in [0.05, 0.1) is 0 Å². The minimum absolute atomic E-state index is 0.108. The van der Waals surface area contributed by atoms with Crippen LogP contribution in [0.5, 0.6) is 0 Å². The monoisotopic (exact) mass is 178 g/mol. The molecule has 1 aromatic carbocycles. The molecule has 0 bridgehead atoms. The molecule has 1 aliphatic carbocycles. The van der Waals surface area contributed by atoms with Crippen LogP contribution < -0.4 is 0 Å². The lowest BCUT2D eigenvalue weighted by atomic mass is 9.74. The Bertz CT molecular complexity index is 289. The molecule has 1 unspecified atom stereocenters. The third kappa shape index (κ3) is 1.74. The van der Waals surface area contributed by atoms with E-state index in [1.54, 1.807) is 12.1 Å². The second-order valence-electron chi connectivity index (χ2n) is 4.03. The normalized spacial score (nSPS) is 19.5. The lowest BCUT2D eigenvalue weighted by Crippen LogP contribution is -2.18. The molecule has 0 N–H and O–H groups in total. The molecular weight excluding hydrogens is 163 g/mol. The van der Waals surface area contributed by atoms with Gasteiger partial charge in [0.25, 0.3) is 0 Å². The number of halogens is 1. The van der Waals surface area contributed by atoms with Gasteiger partial charge in [-0.2, -0.15) is 0 Å². The van der Waals surface area contributed by atoms with Crippen LogP contribution in [-0.4, -0.2) is 0 Å². The molecule has 0 radical (unpaired) electrons. The van der Waals surface area contributed by atoms with Crippen LogP contribution in [0.2, 0.25) is 0 Å². The second-order valence-corrected chi connectivity index (χ2v) is 4.03. The Hall–Kier alpha value is -0.850. The summed E-state index contributed by atoms with van der Waals surface area (Å²) >= 11 is 0. The van der Waals surface area contributed by atoms with Crippen LogP contribution in [0.25, 0.3) is 0 Å². The summed E-state index contributed by atoms with van der Waals surface area (Å²) in [6.45, 7) is 2.21. The average Bonchev–Trinajstić information content (AvgIpc) is 2.01. The van der Waals surface area contributed by atoms with E-state index in [0.717, 1.165) is 11.5 Å². The van der Waals surface area contributed by atoms with Crippen molar-refractivity contribution in [2.24, 2.45) is 5.92 Å². The van der Waals surface area contributed by atoms with Crippen molar-refractivity contribution in [3.63, 3.8) is 0 Å². The fraction of sp³-hybridized carbons (Fsp3) is 0.500. The molecule has 1 atom stereocenters. The lowest BCUT2D eigenvalue weighted by molar-refractivity contribution is 0.272. The van der Waals surface area contributed by atoms with Gasteiger partial charge in [0.1, 0.15) is 5.82 Å². The first-order valence-electron chi connectivity index (χ1n) is 5.03. The molecule has 0 aromatic heterocycles. The van der Waals surface area contributed by atoms with Gasteiger partial charge in [-0.1, -0.05) is 25.5 Å². The van der Waals surface area contributed by atoms with Gasteiger partial charge in [-0.3, -0.25) is 0 Å². The molecule has 1 aromatic rings. The first-order chi connectivity index (χ1) is 6.27. The molecule has 1 aliphatic rings. The SMILES string of the molecule is CC(c1cccc(F)c1)C1CCC1. The highest BCUT2D eigenvalue weighted by molar-refractivity contribution is 5.21. The van der Waals surface area contributed by atoms with Crippen molar-refractivity contribution in [3.05, 3.63) is 35.6 Å². The number of rotatable bonds is 2. The van der Waals surface area contributed by atoms with E-state index in [2.05, 4.69) is 6.92 Å². The standard InChI is InChI=1S/C12H15F/c1-9(10-4-2-5-10)11-6-3-7-12(13)8-11/h3,6-10H,2,4-5H2,1H3. The molecule has 1 fully saturated rings. The molecule has 0 aliphatic heterocycles. The largest absolute Gasteiger partial charge is 0.207 e. The van der Waals surface area contributed by atoms with Gasteiger partial charge in [0.2, 0.25) is 0 Å². The smallest absolute Gasteiger partial charge is 0.123 e. The summed E-state index contributed by atoms with van der Waals surface area (Å²) in [7, 11) is 0. The van der Waals surface area contributed by atoms with Crippen LogP contribution in [0.1, 0.15) is 37.7 Å². The zero-order chi connectivity index (χ0) is 9.26. The molecule has 0 heterocycles. The van der Waals surface area contributed by atoms with Gasteiger partial charge >= 0.3 is 0 Å². The molecule has 1 heteroatoms. The van der Waals surface area contributed by atoms with Crippen molar-refractivity contribution in [1.82, 2.24) is 0 Å². The predicted octanol–water partition coefficient (Wildman–Crippen LogP) is 3.73.